The van der Waals surface area contributed by atoms with Crippen molar-refractivity contribution in [3.63, 3.8) is 0 Å². The van der Waals surface area contributed by atoms with Crippen LogP contribution in [0, 0.1) is 24.1 Å². The van der Waals surface area contributed by atoms with Gasteiger partial charge in [-0.05, 0) is 43.0 Å². The van der Waals surface area contributed by atoms with Crippen molar-refractivity contribution < 1.29 is 18.3 Å². The van der Waals surface area contributed by atoms with Gasteiger partial charge in [-0.1, -0.05) is 0 Å². The normalized spacial score (nSPS) is 18.6. The molecule has 4 rings (SSSR count). The summed E-state index contributed by atoms with van der Waals surface area (Å²) in [6.45, 7) is 1.53. The van der Waals surface area contributed by atoms with E-state index >= 15 is 0 Å². The maximum absolute atomic E-state index is 14.2. The van der Waals surface area contributed by atoms with Crippen LogP contribution in [0.2, 0.25) is 0 Å². The lowest BCUT2D eigenvalue weighted by atomic mass is 9.97. The number of amides is 1. The van der Waals surface area contributed by atoms with E-state index < -0.39 is 17.9 Å². The first kappa shape index (κ1) is 16.5. The zero-order valence-corrected chi connectivity index (χ0v) is 14.1. The van der Waals surface area contributed by atoms with Gasteiger partial charge in [-0.25, -0.2) is 13.5 Å². The molecule has 1 aliphatic carbocycles. The lowest BCUT2D eigenvalue weighted by molar-refractivity contribution is 0.0944. The minimum Gasteiger partial charge on any atom is -0.474 e. The molecular weight excluding hydrogens is 342 g/mol. The van der Waals surface area contributed by atoms with E-state index in [9.17, 15) is 13.6 Å². The molecule has 1 N–H and O–H groups in total. The van der Waals surface area contributed by atoms with Crippen molar-refractivity contribution in [1.82, 2.24) is 15.1 Å². The van der Waals surface area contributed by atoms with Crippen LogP contribution in [0.3, 0.4) is 0 Å². The minimum absolute atomic E-state index is 0.0309. The van der Waals surface area contributed by atoms with Gasteiger partial charge in [-0.2, -0.15) is 10.4 Å². The Hall–Kier alpha value is -2.95. The van der Waals surface area contributed by atoms with E-state index in [-0.39, 0.29) is 36.3 Å². The highest BCUT2D eigenvalue weighted by molar-refractivity contribution is 6.01. The number of carbonyl (C=O) groups is 1. The fraction of sp³-hybridized carbons (Fsp3) is 0.389. The van der Waals surface area contributed by atoms with E-state index in [1.165, 1.54) is 16.8 Å². The Morgan fingerprint density at radius 1 is 1.46 bits per heavy atom. The van der Waals surface area contributed by atoms with Crippen LogP contribution in [-0.4, -0.2) is 34.5 Å². The first-order chi connectivity index (χ1) is 12.5. The predicted molar refractivity (Wildman–Crippen MR) is 88.0 cm³/mol. The first-order valence-corrected chi connectivity index (χ1v) is 8.37. The molecule has 1 aliphatic heterocycles. The number of nitrogens with one attached hydrogen (secondary N) is 1. The number of halogens is 2. The van der Waals surface area contributed by atoms with E-state index in [4.69, 9.17) is 10.00 Å². The molecule has 26 heavy (non-hydrogen) atoms. The van der Waals surface area contributed by atoms with Gasteiger partial charge < -0.3 is 10.1 Å². The van der Waals surface area contributed by atoms with E-state index in [2.05, 4.69) is 10.4 Å². The second kappa shape index (κ2) is 6.09. The quantitative estimate of drug-likeness (QED) is 0.914. The van der Waals surface area contributed by atoms with Gasteiger partial charge in [0.1, 0.15) is 18.5 Å². The van der Waals surface area contributed by atoms with Gasteiger partial charge in [0.15, 0.2) is 11.9 Å². The van der Waals surface area contributed by atoms with Gasteiger partial charge in [0, 0.05) is 6.04 Å². The molecular formula is C18H16F2N4O2. The number of hydrogen-bond donors (Lipinski definition) is 1. The summed E-state index contributed by atoms with van der Waals surface area (Å²) in [4.78, 5) is 12.6. The number of benzene rings is 1. The van der Waals surface area contributed by atoms with Crippen molar-refractivity contribution in [2.45, 2.75) is 38.5 Å². The van der Waals surface area contributed by atoms with Crippen LogP contribution in [0.25, 0.3) is 11.1 Å². The highest BCUT2D eigenvalue weighted by atomic mass is 19.1. The smallest absolute Gasteiger partial charge is 0.272 e. The predicted octanol–water partition coefficient (Wildman–Crippen LogP) is 2.49. The van der Waals surface area contributed by atoms with Crippen LogP contribution in [0.4, 0.5) is 8.78 Å². The number of ether oxygens (including phenoxy) is 1. The fourth-order valence-corrected chi connectivity index (χ4v) is 3.05. The van der Waals surface area contributed by atoms with Crippen molar-refractivity contribution in [3.05, 3.63) is 34.8 Å². The van der Waals surface area contributed by atoms with E-state index in [1.807, 2.05) is 0 Å². The van der Waals surface area contributed by atoms with Crippen molar-refractivity contribution in [2.24, 2.45) is 0 Å². The molecule has 134 valence electrons. The monoisotopic (exact) mass is 358 g/mol. The van der Waals surface area contributed by atoms with E-state index in [0.717, 1.165) is 12.8 Å². The third-order valence-electron chi connectivity index (χ3n) is 4.51. The third kappa shape index (κ3) is 2.79. The molecule has 0 bridgehead atoms. The molecule has 0 saturated heterocycles. The average Bonchev–Trinajstić information content (AvgIpc) is 3.34. The number of alkyl halides is 1. The first-order valence-electron chi connectivity index (χ1n) is 8.37. The van der Waals surface area contributed by atoms with Crippen LogP contribution >= 0.6 is 0 Å². The van der Waals surface area contributed by atoms with Crippen molar-refractivity contribution in [2.75, 3.05) is 6.61 Å². The summed E-state index contributed by atoms with van der Waals surface area (Å²) in [7, 11) is 0. The number of hydrogen-bond acceptors (Lipinski definition) is 4. The maximum Gasteiger partial charge on any atom is 0.272 e. The molecule has 8 heteroatoms. The molecule has 1 amide bonds. The molecule has 0 unspecified atom stereocenters. The molecule has 2 aromatic rings. The minimum atomic E-state index is -1.23. The second-order valence-electron chi connectivity index (χ2n) is 6.63. The van der Waals surface area contributed by atoms with Crippen LogP contribution in [0.15, 0.2) is 12.1 Å². The Bertz CT molecular complexity index is 944. The number of nitriles is 1. The number of aromatic nitrogens is 2. The summed E-state index contributed by atoms with van der Waals surface area (Å²) in [6, 6.07) is 4.52. The van der Waals surface area contributed by atoms with Crippen molar-refractivity contribution in [3.8, 4) is 23.1 Å². The lowest BCUT2D eigenvalue weighted by Crippen LogP contribution is -2.27. The molecule has 1 fully saturated rings. The fourth-order valence-electron chi connectivity index (χ4n) is 3.05. The molecule has 1 aromatic heterocycles. The maximum atomic E-state index is 14.2. The topological polar surface area (TPSA) is 79.9 Å². The standard InChI is InChI=1S/C18H16F2N4O2/c1-9-4-10(6-21)14(20)5-13(9)15-16(17(25)22-12-2-3-12)23-24-7-11(19)8-26-18(15)24/h4-5,11-12H,2-3,7-8H2,1H3,(H,22,25)/t11-/m0/s1. The number of aryl methyl sites for hydroxylation is 1. The van der Waals surface area contributed by atoms with Gasteiger partial charge in [-0.15, -0.1) is 0 Å². The van der Waals surface area contributed by atoms with Crippen LogP contribution < -0.4 is 10.1 Å². The number of rotatable bonds is 3. The average molecular weight is 358 g/mol. The highest BCUT2D eigenvalue weighted by Crippen LogP contribution is 2.38. The zero-order valence-electron chi connectivity index (χ0n) is 14.1. The van der Waals surface area contributed by atoms with E-state index in [1.54, 1.807) is 13.0 Å². The largest absolute Gasteiger partial charge is 0.474 e. The Labute approximate surface area is 148 Å². The van der Waals surface area contributed by atoms with Gasteiger partial charge in [0.2, 0.25) is 5.88 Å². The third-order valence-corrected chi connectivity index (χ3v) is 4.51. The Morgan fingerprint density at radius 3 is 2.92 bits per heavy atom. The van der Waals surface area contributed by atoms with Gasteiger partial charge >= 0.3 is 0 Å². The number of carbonyl (C=O) groups excluding carboxylic acids is 1. The van der Waals surface area contributed by atoms with Crippen LogP contribution in [0.1, 0.15) is 34.5 Å². The summed E-state index contributed by atoms with van der Waals surface area (Å²) in [5.74, 6) is -0.847. The zero-order chi connectivity index (χ0) is 18.4. The molecule has 1 aromatic carbocycles. The van der Waals surface area contributed by atoms with Gasteiger partial charge in [0.05, 0.1) is 17.7 Å². The Morgan fingerprint density at radius 2 is 2.23 bits per heavy atom. The summed E-state index contributed by atoms with van der Waals surface area (Å²) in [5.41, 5.74) is 1.33. The lowest BCUT2D eigenvalue weighted by Gasteiger charge is -2.19. The summed E-state index contributed by atoms with van der Waals surface area (Å²) >= 11 is 0. The van der Waals surface area contributed by atoms with Crippen molar-refractivity contribution >= 4 is 5.91 Å². The number of fused-ring (bicyclic) bond motifs is 1. The number of nitrogens with zero attached hydrogens (tertiary/aromatic N) is 3. The molecule has 2 aliphatic rings. The molecule has 0 radical (unpaired) electrons. The molecule has 1 atom stereocenters. The van der Waals surface area contributed by atoms with Crippen LogP contribution in [0.5, 0.6) is 5.88 Å². The summed E-state index contributed by atoms with van der Waals surface area (Å²) < 4.78 is 34.7. The SMILES string of the molecule is Cc1cc(C#N)c(F)cc1-c1c(C(=O)NC2CC2)nn2c1OC[C@@H](F)C2. The molecule has 1 saturated carbocycles. The van der Waals surface area contributed by atoms with E-state index in [0.29, 0.717) is 16.7 Å². The Balaban J connectivity index is 1.87. The molecule has 2 heterocycles. The van der Waals surface area contributed by atoms with Crippen molar-refractivity contribution in [1.29, 1.82) is 5.26 Å². The highest BCUT2D eigenvalue weighted by Gasteiger charge is 2.33. The van der Waals surface area contributed by atoms with Crippen LogP contribution in [-0.2, 0) is 6.54 Å². The molecule has 6 nitrogen and oxygen atoms in total. The summed E-state index contributed by atoms with van der Waals surface area (Å²) in [6.07, 6.45) is 0.582. The second-order valence-corrected chi connectivity index (χ2v) is 6.63. The van der Waals surface area contributed by atoms with Gasteiger partial charge in [0.25, 0.3) is 5.91 Å². The van der Waals surface area contributed by atoms with Gasteiger partial charge in [-0.3, -0.25) is 4.79 Å². The Kier molecular flexibility index (Phi) is 3.87. The summed E-state index contributed by atoms with van der Waals surface area (Å²) in [5, 5.41) is 16.1. The molecule has 0 spiro atoms.